The molecule has 0 spiro atoms. The molecule has 2 N–H and O–H groups in total. The van der Waals surface area contributed by atoms with Crippen LogP contribution in [0.2, 0.25) is 0 Å². The van der Waals surface area contributed by atoms with Crippen molar-refractivity contribution < 1.29 is 9.59 Å². The van der Waals surface area contributed by atoms with Gasteiger partial charge in [0.05, 0.1) is 0 Å². The number of benzene rings is 1. The molecule has 2 fully saturated rings. The minimum absolute atomic E-state index is 0.0964. The highest BCUT2D eigenvalue weighted by Gasteiger charge is 2.57. The summed E-state index contributed by atoms with van der Waals surface area (Å²) < 4.78 is 0. The minimum atomic E-state index is -0.522. The Labute approximate surface area is 126 Å². The Morgan fingerprint density at radius 3 is 2.68 bits per heavy atom. The normalized spacial score (nSPS) is 25.1. The number of hydrogen-bond acceptors (Lipinski definition) is 3. The maximum atomic E-state index is 12.2. The Bertz CT molecular complexity index is 793. The number of aromatic amines is 1. The van der Waals surface area contributed by atoms with E-state index in [0.29, 0.717) is 11.5 Å². The molecule has 22 heavy (non-hydrogen) atoms. The van der Waals surface area contributed by atoms with Crippen LogP contribution in [0.5, 0.6) is 0 Å². The number of amides is 2. The van der Waals surface area contributed by atoms with Crippen molar-refractivity contribution >= 4 is 17.9 Å². The molecule has 2 bridgehead atoms. The number of aryl methyl sites for hydroxylation is 1. The number of imidazole rings is 1. The van der Waals surface area contributed by atoms with Gasteiger partial charge in [-0.25, -0.2) is 4.98 Å². The highest BCUT2D eigenvalue weighted by Crippen LogP contribution is 2.40. The molecule has 2 aliphatic heterocycles. The molecule has 2 unspecified atom stereocenters. The van der Waals surface area contributed by atoms with E-state index in [4.69, 9.17) is 0 Å². The highest BCUT2D eigenvalue weighted by atomic mass is 16.2. The van der Waals surface area contributed by atoms with E-state index in [1.165, 1.54) is 4.90 Å². The standard InChI is InChI=1S/C16H14N4O2/c1-9-8-17-14(18-9)13-12-16(22)20(13)11(15(21)19-12)7-10-5-3-2-4-6-10/h2-8,12-13H,1H3,(H,17,18)(H,19,21)/b11-7-. The number of hydrogen-bond donors (Lipinski definition) is 2. The second-order valence-corrected chi connectivity index (χ2v) is 5.50. The molecular weight excluding hydrogens is 280 g/mol. The molecule has 110 valence electrons. The fourth-order valence-corrected chi connectivity index (χ4v) is 2.93. The van der Waals surface area contributed by atoms with Crippen LogP contribution in [0.3, 0.4) is 0 Å². The van der Waals surface area contributed by atoms with Crippen molar-refractivity contribution in [3.05, 3.63) is 59.3 Å². The first-order valence-electron chi connectivity index (χ1n) is 7.07. The Kier molecular flexibility index (Phi) is 2.66. The van der Waals surface area contributed by atoms with Gasteiger partial charge in [0.1, 0.15) is 23.6 Å². The number of carbonyl (C=O) groups is 2. The average molecular weight is 294 g/mol. The van der Waals surface area contributed by atoms with Crippen molar-refractivity contribution in [2.45, 2.75) is 19.0 Å². The van der Waals surface area contributed by atoms with Gasteiger partial charge in [-0.1, -0.05) is 30.3 Å². The lowest BCUT2D eigenvalue weighted by Gasteiger charge is -2.50. The molecule has 6 heteroatoms. The van der Waals surface area contributed by atoms with Crippen molar-refractivity contribution in [3.63, 3.8) is 0 Å². The quantitative estimate of drug-likeness (QED) is 0.644. The molecule has 4 rings (SSSR count). The number of H-pyrrole nitrogens is 1. The Hall–Kier alpha value is -2.89. The molecule has 2 aromatic rings. The predicted octanol–water partition coefficient (Wildman–Crippen LogP) is 1.14. The molecular formula is C16H14N4O2. The van der Waals surface area contributed by atoms with E-state index >= 15 is 0 Å². The molecule has 1 aromatic heterocycles. The van der Waals surface area contributed by atoms with Gasteiger partial charge in [0.15, 0.2) is 0 Å². The average Bonchev–Trinajstić information content (AvgIpc) is 2.94. The van der Waals surface area contributed by atoms with Gasteiger partial charge in [-0.3, -0.25) is 14.5 Å². The van der Waals surface area contributed by atoms with Gasteiger partial charge in [0.2, 0.25) is 0 Å². The molecule has 2 amide bonds. The van der Waals surface area contributed by atoms with E-state index in [9.17, 15) is 9.59 Å². The summed E-state index contributed by atoms with van der Waals surface area (Å²) >= 11 is 0. The van der Waals surface area contributed by atoms with Gasteiger partial charge < -0.3 is 10.3 Å². The molecule has 0 saturated carbocycles. The van der Waals surface area contributed by atoms with Crippen LogP contribution in [0.15, 0.2) is 42.2 Å². The van der Waals surface area contributed by atoms with Gasteiger partial charge in [-0.15, -0.1) is 0 Å². The van der Waals surface area contributed by atoms with Gasteiger partial charge in [-0.05, 0) is 18.6 Å². The maximum Gasteiger partial charge on any atom is 0.268 e. The summed E-state index contributed by atoms with van der Waals surface area (Å²) in [7, 11) is 0. The second-order valence-electron chi connectivity index (χ2n) is 5.50. The van der Waals surface area contributed by atoms with Crippen molar-refractivity contribution in [2.75, 3.05) is 0 Å². The summed E-state index contributed by atoms with van der Waals surface area (Å²) in [4.78, 5) is 33.3. The predicted molar refractivity (Wildman–Crippen MR) is 79.3 cm³/mol. The Morgan fingerprint density at radius 1 is 1.23 bits per heavy atom. The van der Waals surface area contributed by atoms with E-state index in [-0.39, 0.29) is 17.9 Å². The fourth-order valence-electron chi connectivity index (χ4n) is 2.93. The van der Waals surface area contributed by atoms with Crippen molar-refractivity contribution in [3.8, 4) is 0 Å². The number of carbonyl (C=O) groups excluding carboxylic acids is 2. The summed E-state index contributed by atoms with van der Waals surface area (Å²) in [5.74, 6) is 0.370. The lowest BCUT2D eigenvalue weighted by molar-refractivity contribution is -0.157. The topological polar surface area (TPSA) is 78.1 Å². The van der Waals surface area contributed by atoms with Gasteiger partial charge in [0.25, 0.3) is 11.8 Å². The second kappa shape index (κ2) is 4.56. The van der Waals surface area contributed by atoms with E-state index in [2.05, 4.69) is 15.3 Å². The molecule has 2 aliphatic rings. The number of nitrogens with one attached hydrogen (secondary N) is 2. The third kappa shape index (κ3) is 1.77. The molecule has 0 radical (unpaired) electrons. The summed E-state index contributed by atoms with van der Waals surface area (Å²) in [5, 5.41) is 2.76. The van der Waals surface area contributed by atoms with E-state index in [1.54, 1.807) is 12.3 Å². The van der Waals surface area contributed by atoms with E-state index in [1.807, 2.05) is 37.3 Å². The van der Waals surface area contributed by atoms with Crippen LogP contribution in [0.1, 0.15) is 23.1 Å². The summed E-state index contributed by atoms with van der Waals surface area (Å²) in [5.41, 5.74) is 2.16. The zero-order valence-electron chi connectivity index (χ0n) is 11.9. The van der Waals surface area contributed by atoms with Crippen molar-refractivity contribution in [1.29, 1.82) is 0 Å². The number of piperazine rings is 2. The number of nitrogens with zero attached hydrogens (tertiary/aromatic N) is 2. The van der Waals surface area contributed by atoms with Gasteiger partial charge in [-0.2, -0.15) is 0 Å². The maximum absolute atomic E-state index is 12.2. The Balaban J connectivity index is 1.74. The first-order chi connectivity index (χ1) is 10.6. The first kappa shape index (κ1) is 12.8. The number of rotatable bonds is 2. The lowest BCUT2D eigenvalue weighted by Crippen LogP contribution is -2.71. The zero-order valence-corrected chi connectivity index (χ0v) is 11.9. The van der Waals surface area contributed by atoms with Crippen molar-refractivity contribution in [1.82, 2.24) is 20.2 Å². The van der Waals surface area contributed by atoms with Crippen LogP contribution in [0, 0.1) is 6.92 Å². The monoisotopic (exact) mass is 294 g/mol. The van der Waals surface area contributed by atoms with Crippen molar-refractivity contribution in [2.24, 2.45) is 0 Å². The van der Waals surface area contributed by atoms with Crippen LogP contribution in [-0.4, -0.2) is 32.7 Å². The zero-order chi connectivity index (χ0) is 15.3. The van der Waals surface area contributed by atoms with Gasteiger partial charge >= 0.3 is 0 Å². The smallest absolute Gasteiger partial charge is 0.268 e. The van der Waals surface area contributed by atoms with E-state index < -0.39 is 6.04 Å². The number of aromatic nitrogens is 2. The summed E-state index contributed by atoms with van der Waals surface area (Å²) in [6.45, 7) is 1.90. The minimum Gasteiger partial charge on any atom is -0.344 e. The molecule has 6 nitrogen and oxygen atoms in total. The highest BCUT2D eigenvalue weighted by molar-refractivity contribution is 6.11. The fraction of sp³-hybridized carbons (Fsp3) is 0.188. The molecule has 2 atom stereocenters. The third-order valence-corrected chi connectivity index (χ3v) is 3.98. The first-order valence-corrected chi connectivity index (χ1v) is 7.07. The number of β-lactam (4-membered cyclic amide) rings is 1. The van der Waals surface area contributed by atoms with Crippen LogP contribution < -0.4 is 5.32 Å². The van der Waals surface area contributed by atoms with Crippen LogP contribution in [-0.2, 0) is 9.59 Å². The summed E-state index contributed by atoms with van der Waals surface area (Å²) in [6, 6.07) is 8.69. The molecule has 2 saturated heterocycles. The third-order valence-electron chi connectivity index (χ3n) is 3.98. The lowest BCUT2D eigenvalue weighted by atomic mass is 9.89. The van der Waals surface area contributed by atoms with Crippen LogP contribution in [0.25, 0.3) is 6.08 Å². The largest absolute Gasteiger partial charge is 0.344 e. The van der Waals surface area contributed by atoms with Crippen LogP contribution in [0.4, 0.5) is 0 Å². The SMILES string of the molecule is Cc1cnc(C2C3NC(=O)/C(=C/c4ccccc4)N2C3=O)[nH]1. The van der Waals surface area contributed by atoms with Gasteiger partial charge in [0, 0.05) is 11.9 Å². The molecule has 0 aliphatic carbocycles. The van der Waals surface area contributed by atoms with Crippen LogP contribution >= 0.6 is 0 Å². The number of fused-ring (bicyclic) bond motifs is 2. The Morgan fingerprint density at radius 2 is 2.00 bits per heavy atom. The molecule has 3 heterocycles. The van der Waals surface area contributed by atoms with E-state index in [0.717, 1.165) is 11.3 Å². The summed E-state index contributed by atoms with van der Waals surface area (Å²) in [6.07, 6.45) is 3.45. The molecule has 1 aromatic carbocycles.